The highest BCUT2D eigenvalue weighted by Crippen LogP contribution is 2.50. The van der Waals surface area contributed by atoms with Crippen LogP contribution in [0.5, 0.6) is 0 Å². The molecule has 2 fully saturated rings. The van der Waals surface area contributed by atoms with E-state index in [9.17, 15) is 40.9 Å². The Morgan fingerprint density at radius 1 is 0.882 bits per heavy atom. The van der Waals surface area contributed by atoms with Crippen molar-refractivity contribution in [2.45, 2.75) is 99.7 Å². The molecular formula is C35H45N3O13. The monoisotopic (exact) mass is 715 g/mol. The van der Waals surface area contributed by atoms with Gasteiger partial charge in [-0.2, -0.15) is 0 Å². The van der Waals surface area contributed by atoms with E-state index in [1.807, 2.05) is 25.3 Å². The van der Waals surface area contributed by atoms with Crippen LogP contribution in [0.4, 0.5) is 0 Å². The largest absolute Gasteiger partial charge is 0.394 e. The van der Waals surface area contributed by atoms with Crippen LogP contribution in [0.25, 0.3) is 16.6 Å². The van der Waals surface area contributed by atoms with Crippen LogP contribution >= 0.6 is 0 Å². The van der Waals surface area contributed by atoms with Gasteiger partial charge in [-0.05, 0) is 42.3 Å². The summed E-state index contributed by atoms with van der Waals surface area (Å²) in [4.78, 5) is 9.41. The van der Waals surface area contributed by atoms with E-state index < -0.39 is 87.0 Å². The Kier molecular flexibility index (Phi) is 9.47. The van der Waals surface area contributed by atoms with Crippen molar-refractivity contribution in [1.82, 2.24) is 14.8 Å². The van der Waals surface area contributed by atoms with Crippen molar-refractivity contribution < 1.29 is 64.5 Å². The van der Waals surface area contributed by atoms with E-state index in [4.69, 9.17) is 28.7 Å². The van der Waals surface area contributed by atoms with Crippen LogP contribution in [0, 0.1) is 0 Å². The first-order valence-corrected chi connectivity index (χ1v) is 17.4. The summed E-state index contributed by atoms with van der Waals surface area (Å²) in [6.07, 6.45) is -14.5. The molecule has 1 aromatic heterocycles. The highest BCUT2D eigenvalue weighted by Gasteiger charge is 2.52. The van der Waals surface area contributed by atoms with Crippen molar-refractivity contribution in [2.24, 2.45) is 0 Å². The fraction of sp³-hybridized carbons (Fsp3) is 0.629. The lowest BCUT2D eigenvalue weighted by Gasteiger charge is -2.48. The van der Waals surface area contributed by atoms with Crippen molar-refractivity contribution in [1.29, 1.82) is 0 Å². The number of aromatic nitrogens is 1. The Hall–Kier alpha value is -2.65. The number of hydrogen-bond donors (Lipinski definition) is 8. The Morgan fingerprint density at radius 3 is 2.35 bits per heavy atom. The maximum absolute atomic E-state index is 11.5. The first kappa shape index (κ1) is 35.4. The number of hydrogen-bond acceptors (Lipinski definition) is 16. The quantitative estimate of drug-likeness (QED) is 0.157. The van der Waals surface area contributed by atoms with Crippen LogP contribution < -0.4 is 0 Å². The van der Waals surface area contributed by atoms with Crippen LogP contribution in [0.1, 0.15) is 48.0 Å². The number of aliphatic hydroxyl groups excluding tert-OH is 8. The molecule has 0 amide bonds. The molecule has 13 atom stereocenters. The summed E-state index contributed by atoms with van der Waals surface area (Å²) >= 11 is 0. The van der Waals surface area contributed by atoms with Gasteiger partial charge in [0.25, 0.3) is 0 Å². The van der Waals surface area contributed by atoms with Crippen molar-refractivity contribution in [2.75, 3.05) is 40.0 Å². The van der Waals surface area contributed by atoms with Crippen molar-refractivity contribution in [3.63, 3.8) is 0 Å². The third-order valence-electron chi connectivity index (χ3n) is 11.2. The molecule has 16 heteroatoms. The van der Waals surface area contributed by atoms with Gasteiger partial charge in [-0.1, -0.05) is 19.1 Å². The van der Waals surface area contributed by atoms with Gasteiger partial charge in [0.05, 0.1) is 43.3 Å². The molecule has 8 rings (SSSR count). The lowest BCUT2D eigenvalue weighted by Crippen LogP contribution is -2.65. The van der Waals surface area contributed by atoms with Crippen molar-refractivity contribution in [3.05, 3.63) is 57.8 Å². The average molecular weight is 716 g/mol. The van der Waals surface area contributed by atoms with Gasteiger partial charge in [-0.15, -0.1) is 0 Å². The molecule has 51 heavy (non-hydrogen) atoms. The topological polar surface area (TPSA) is 227 Å². The highest BCUT2D eigenvalue weighted by molar-refractivity contribution is 5.92. The van der Waals surface area contributed by atoms with E-state index >= 15 is 0 Å². The maximum atomic E-state index is 11.5. The van der Waals surface area contributed by atoms with E-state index in [1.54, 1.807) is 0 Å². The molecule has 278 valence electrons. The van der Waals surface area contributed by atoms with E-state index in [0.29, 0.717) is 19.7 Å². The third-order valence-corrected chi connectivity index (χ3v) is 11.2. The summed E-state index contributed by atoms with van der Waals surface area (Å²) in [5, 5.41) is 85.4. The minimum Gasteiger partial charge on any atom is -0.394 e. The molecule has 0 aliphatic carbocycles. The Labute approximate surface area is 293 Å². The van der Waals surface area contributed by atoms with Crippen LogP contribution in [0.2, 0.25) is 0 Å². The van der Waals surface area contributed by atoms with Crippen molar-refractivity contribution >= 4 is 16.6 Å². The van der Waals surface area contributed by atoms with E-state index in [2.05, 4.69) is 22.8 Å². The number of nitrogens with zero attached hydrogens (tertiary/aromatic N) is 3. The second-order valence-electron chi connectivity index (χ2n) is 14.2. The molecule has 0 bridgehead atoms. The zero-order valence-corrected chi connectivity index (χ0v) is 28.2. The standard InChI is InChI=1S/C35H45N3O13/c1-3-19-15-5-4-6-18-24(15)25(17-9-38-8-14-12-47-13-21(41)16(14)7-20(38)26(17)36-18)33(37(19)2)51-35-31(46)29(44)32(23(11-40)49-35)50-34-30(45)28(43)27(42)22(10-39)48-34/h4-7,19,21-23,27-35,39-46H,3,8-13H2,1-2H3/t19?,21?,22-,23-,27-,28+,29-,30-,31-,32+,33?,34-,35-/m1/s1. The number of aliphatic hydroxyl groups is 8. The summed E-state index contributed by atoms with van der Waals surface area (Å²) in [5.41, 5.74) is 7.14. The first-order valence-electron chi connectivity index (χ1n) is 17.4. The SMILES string of the molecule is CCC1c2cccc3nc4c(c(c23)C(O[C@H]2O[C@H](CO)[C@H](O[C@H]3O[C@H](CO)[C@@H](O)[C@H](O)[C@H]3O)[C@H](O)[C@H]2O)N1C)CN1CC2=C(C=C41)C(O)COC2. The molecular weight excluding hydrogens is 670 g/mol. The van der Waals surface area contributed by atoms with Crippen molar-refractivity contribution in [3.8, 4) is 0 Å². The zero-order chi connectivity index (χ0) is 35.9. The second kappa shape index (κ2) is 13.6. The van der Waals surface area contributed by atoms with Gasteiger partial charge in [0.15, 0.2) is 12.6 Å². The van der Waals surface area contributed by atoms with Crippen LogP contribution in [-0.4, -0.2) is 163 Å². The fourth-order valence-corrected chi connectivity index (χ4v) is 8.53. The lowest BCUT2D eigenvalue weighted by atomic mass is 9.87. The average Bonchev–Trinajstić information content (AvgIpc) is 3.49. The summed E-state index contributed by atoms with van der Waals surface area (Å²) in [5.74, 6) is 0. The minimum absolute atomic E-state index is 0.0999. The predicted octanol–water partition coefficient (Wildman–Crippen LogP) is -1.87. The van der Waals surface area contributed by atoms with Gasteiger partial charge in [0.1, 0.15) is 61.2 Å². The van der Waals surface area contributed by atoms with E-state index in [-0.39, 0.29) is 12.6 Å². The molecule has 7 heterocycles. The van der Waals surface area contributed by atoms with Crippen LogP contribution in [0.15, 0.2) is 35.4 Å². The molecule has 0 saturated carbocycles. The molecule has 0 radical (unpaired) electrons. The highest BCUT2D eigenvalue weighted by atomic mass is 16.7. The van der Waals surface area contributed by atoms with E-state index in [1.165, 1.54) is 0 Å². The molecule has 8 N–H and O–H groups in total. The summed E-state index contributed by atoms with van der Waals surface area (Å²) < 4.78 is 29.6. The summed E-state index contributed by atoms with van der Waals surface area (Å²) in [6, 6.07) is 5.91. The second-order valence-corrected chi connectivity index (χ2v) is 14.2. The lowest BCUT2D eigenvalue weighted by molar-refractivity contribution is -0.367. The van der Waals surface area contributed by atoms with Gasteiger partial charge in [-0.25, -0.2) is 4.98 Å². The number of fused-ring (bicyclic) bond motifs is 4. The fourth-order valence-electron chi connectivity index (χ4n) is 8.53. The van der Waals surface area contributed by atoms with Crippen LogP contribution in [-0.2, 0) is 30.2 Å². The van der Waals surface area contributed by atoms with Gasteiger partial charge in [-0.3, -0.25) is 4.90 Å². The number of pyridine rings is 1. The molecule has 6 aliphatic rings. The molecule has 16 nitrogen and oxygen atoms in total. The molecule has 3 unspecified atom stereocenters. The summed E-state index contributed by atoms with van der Waals surface area (Å²) in [7, 11) is 1.92. The molecule has 0 spiro atoms. The van der Waals surface area contributed by atoms with Gasteiger partial charge >= 0.3 is 0 Å². The third kappa shape index (κ3) is 5.64. The number of ether oxygens (including phenoxy) is 5. The normalized spacial score (nSPS) is 39.5. The maximum Gasteiger partial charge on any atom is 0.188 e. The van der Waals surface area contributed by atoms with Gasteiger partial charge in [0.2, 0.25) is 0 Å². The van der Waals surface area contributed by atoms with Crippen LogP contribution in [0.3, 0.4) is 0 Å². The van der Waals surface area contributed by atoms with E-state index in [0.717, 1.165) is 56.6 Å². The summed E-state index contributed by atoms with van der Waals surface area (Å²) in [6.45, 7) is 2.44. The number of benzene rings is 1. The zero-order valence-electron chi connectivity index (χ0n) is 28.2. The Balaban J connectivity index is 1.13. The smallest absolute Gasteiger partial charge is 0.188 e. The Bertz CT molecular complexity index is 1720. The molecule has 2 saturated heterocycles. The molecule has 1 aromatic carbocycles. The molecule has 2 aromatic rings. The first-order chi connectivity index (χ1) is 24.6. The predicted molar refractivity (Wildman–Crippen MR) is 175 cm³/mol. The van der Waals surface area contributed by atoms with Gasteiger partial charge in [0, 0.05) is 35.6 Å². The molecule has 6 aliphatic heterocycles. The minimum atomic E-state index is -1.77. The Morgan fingerprint density at radius 2 is 1.61 bits per heavy atom. The number of rotatable bonds is 7. The van der Waals surface area contributed by atoms with Gasteiger partial charge < -0.3 is 69.4 Å².